The number of benzene rings is 2. The molecule has 0 aliphatic heterocycles. The predicted octanol–water partition coefficient (Wildman–Crippen LogP) is 3.07. The minimum atomic E-state index is -0.185. The summed E-state index contributed by atoms with van der Waals surface area (Å²) in [5, 5.41) is 2.85. The molecule has 0 aliphatic rings. The Morgan fingerprint density at radius 3 is 2.62 bits per heavy atom. The molecule has 0 fully saturated rings. The van der Waals surface area contributed by atoms with E-state index in [0.717, 1.165) is 16.8 Å². The number of nitrogens with one attached hydrogen (secondary N) is 1. The van der Waals surface area contributed by atoms with E-state index < -0.39 is 0 Å². The molecule has 0 saturated carbocycles. The van der Waals surface area contributed by atoms with Crippen molar-refractivity contribution in [2.75, 3.05) is 18.2 Å². The second kappa shape index (κ2) is 7.26. The van der Waals surface area contributed by atoms with Crippen LogP contribution in [-0.4, -0.2) is 13.0 Å². The molecule has 3 N–H and O–H groups in total. The molecule has 0 spiro atoms. The summed E-state index contributed by atoms with van der Waals surface area (Å²) in [4.78, 5) is 11.9. The third-order valence-electron chi connectivity index (χ3n) is 2.94. The van der Waals surface area contributed by atoms with Gasteiger partial charge in [-0.3, -0.25) is 4.79 Å². The van der Waals surface area contributed by atoms with Gasteiger partial charge < -0.3 is 15.8 Å². The van der Waals surface area contributed by atoms with Crippen molar-refractivity contribution in [1.29, 1.82) is 0 Å². The van der Waals surface area contributed by atoms with Gasteiger partial charge in [-0.15, -0.1) is 0 Å². The van der Waals surface area contributed by atoms with E-state index in [4.69, 9.17) is 10.5 Å². The SMILES string of the molecule is COCc1ccccc1NC(=O)/C=C/c1ccc(N)cc1. The maximum atomic E-state index is 11.9. The van der Waals surface area contributed by atoms with Crippen molar-refractivity contribution in [3.05, 3.63) is 65.7 Å². The van der Waals surface area contributed by atoms with E-state index in [0.29, 0.717) is 12.3 Å². The van der Waals surface area contributed by atoms with Gasteiger partial charge in [-0.05, 0) is 29.8 Å². The average Bonchev–Trinajstić information content (AvgIpc) is 2.49. The molecule has 0 radical (unpaired) electrons. The van der Waals surface area contributed by atoms with Crippen molar-refractivity contribution in [3.8, 4) is 0 Å². The maximum absolute atomic E-state index is 11.9. The largest absolute Gasteiger partial charge is 0.399 e. The number of para-hydroxylation sites is 1. The third-order valence-corrected chi connectivity index (χ3v) is 2.94. The number of methoxy groups -OCH3 is 1. The molecule has 2 aromatic carbocycles. The van der Waals surface area contributed by atoms with Gasteiger partial charge in [-0.1, -0.05) is 30.3 Å². The average molecular weight is 282 g/mol. The summed E-state index contributed by atoms with van der Waals surface area (Å²) in [5.41, 5.74) is 8.93. The number of hydrogen-bond donors (Lipinski definition) is 2. The van der Waals surface area contributed by atoms with Crippen molar-refractivity contribution in [2.24, 2.45) is 0 Å². The van der Waals surface area contributed by atoms with E-state index in [1.54, 1.807) is 25.3 Å². The monoisotopic (exact) mass is 282 g/mol. The fourth-order valence-electron chi connectivity index (χ4n) is 1.88. The van der Waals surface area contributed by atoms with Gasteiger partial charge in [0, 0.05) is 30.1 Å². The first-order chi connectivity index (χ1) is 10.2. The van der Waals surface area contributed by atoms with Crippen molar-refractivity contribution >= 4 is 23.4 Å². The molecule has 4 heteroatoms. The van der Waals surface area contributed by atoms with Crippen molar-refractivity contribution in [1.82, 2.24) is 0 Å². The molecular formula is C17H18N2O2. The zero-order chi connectivity index (χ0) is 15.1. The fourth-order valence-corrected chi connectivity index (χ4v) is 1.88. The first kappa shape index (κ1) is 14.8. The minimum Gasteiger partial charge on any atom is -0.399 e. The van der Waals surface area contributed by atoms with E-state index >= 15 is 0 Å². The first-order valence-electron chi connectivity index (χ1n) is 6.60. The lowest BCUT2D eigenvalue weighted by Gasteiger charge is -2.08. The summed E-state index contributed by atoms with van der Waals surface area (Å²) in [6.45, 7) is 0.456. The van der Waals surface area contributed by atoms with E-state index in [2.05, 4.69) is 5.32 Å². The Morgan fingerprint density at radius 1 is 1.19 bits per heavy atom. The molecule has 108 valence electrons. The van der Waals surface area contributed by atoms with Crippen molar-refractivity contribution in [2.45, 2.75) is 6.61 Å². The second-order valence-corrected chi connectivity index (χ2v) is 4.58. The summed E-state index contributed by atoms with van der Waals surface area (Å²) in [5.74, 6) is -0.185. The van der Waals surface area contributed by atoms with Crippen LogP contribution >= 0.6 is 0 Å². The molecule has 0 saturated heterocycles. The quantitative estimate of drug-likeness (QED) is 0.654. The molecule has 1 amide bonds. The van der Waals surface area contributed by atoms with E-state index in [1.807, 2.05) is 36.4 Å². The highest BCUT2D eigenvalue weighted by Gasteiger charge is 2.03. The molecule has 0 unspecified atom stereocenters. The van der Waals surface area contributed by atoms with Gasteiger partial charge in [-0.25, -0.2) is 0 Å². The lowest BCUT2D eigenvalue weighted by Crippen LogP contribution is -2.10. The van der Waals surface area contributed by atoms with Gasteiger partial charge >= 0.3 is 0 Å². The topological polar surface area (TPSA) is 64.3 Å². The highest BCUT2D eigenvalue weighted by Crippen LogP contribution is 2.16. The summed E-state index contributed by atoms with van der Waals surface area (Å²) in [7, 11) is 1.62. The second-order valence-electron chi connectivity index (χ2n) is 4.58. The molecule has 2 rings (SSSR count). The number of anilines is 2. The van der Waals surface area contributed by atoms with Crippen LogP contribution < -0.4 is 11.1 Å². The molecular weight excluding hydrogens is 264 g/mol. The number of ether oxygens (including phenoxy) is 1. The van der Waals surface area contributed by atoms with Gasteiger partial charge in [0.15, 0.2) is 0 Å². The normalized spacial score (nSPS) is 10.7. The lowest BCUT2D eigenvalue weighted by molar-refractivity contribution is -0.111. The number of carbonyl (C=O) groups excluding carboxylic acids is 1. The van der Waals surface area contributed by atoms with Gasteiger partial charge in [0.25, 0.3) is 0 Å². The zero-order valence-corrected chi connectivity index (χ0v) is 11.9. The first-order valence-corrected chi connectivity index (χ1v) is 6.60. The van der Waals surface area contributed by atoms with Crippen LogP contribution in [0.25, 0.3) is 6.08 Å². The van der Waals surface area contributed by atoms with Crippen molar-refractivity contribution < 1.29 is 9.53 Å². The third kappa shape index (κ3) is 4.47. The van der Waals surface area contributed by atoms with Gasteiger partial charge in [-0.2, -0.15) is 0 Å². The fraction of sp³-hybridized carbons (Fsp3) is 0.118. The zero-order valence-electron chi connectivity index (χ0n) is 11.9. The van der Waals surface area contributed by atoms with E-state index in [-0.39, 0.29) is 5.91 Å². The molecule has 0 heterocycles. The van der Waals surface area contributed by atoms with Crippen LogP contribution in [0.2, 0.25) is 0 Å². The van der Waals surface area contributed by atoms with Crippen molar-refractivity contribution in [3.63, 3.8) is 0 Å². The van der Waals surface area contributed by atoms with Crippen LogP contribution in [0, 0.1) is 0 Å². The Balaban J connectivity index is 2.03. The number of hydrogen-bond acceptors (Lipinski definition) is 3. The van der Waals surface area contributed by atoms with E-state index in [1.165, 1.54) is 6.08 Å². The maximum Gasteiger partial charge on any atom is 0.248 e. The molecule has 0 atom stereocenters. The van der Waals surface area contributed by atoms with Crippen LogP contribution in [-0.2, 0) is 16.1 Å². The lowest BCUT2D eigenvalue weighted by atomic mass is 10.1. The van der Waals surface area contributed by atoms with Crippen LogP contribution in [0.5, 0.6) is 0 Å². The molecule has 4 nitrogen and oxygen atoms in total. The summed E-state index contributed by atoms with van der Waals surface area (Å²) in [6, 6.07) is 14.9. The standard InChI is InChI=1S/C17H18N2O2/c1-21-12-14-4-2-3-5-16(14)19-17(20)11-8-13-6-9-15(18)10-7-13/h2-11H,12,18H2,1H3,(H,19,20)/b11-8+. The number of nitrogen functional groups attached to an aromatic ring is 1. The van der Waals surface area contributed by atoms with Gasteiger partial charge in [0.1, 0.15) is 0 Å². The summed E-state index contributed by atoms with van der Waals surface area (Å²) >= 11 is 0. The van der Waals surface area contributed by atoms with Gasteiger partial charge in [0.2, 0.25) is 5.91 Å². The Bertz CT molecular complexity index is 633. The Labute approximate surface area is 124 Å². The highest BCUT2D eigenvalue weighted by molar-refractivity contribution is 6.02. The minimum absolute atomic E-state index is 0.185. The smallest absolute Gasteiger partial charge is 0.248 e. The summed E-state index contributed by atoms with van der Waals surface area (Å²) in [6.07, 6.45) is 3.24. The van der Waals surface area contributed by atoms with Crippen LogP contribution in [0.1, 0.15) is 11.1 Å². The molecule has 2 aromatic rings. The van der Waals surface area contributed by atoms with Crippen LogP contribution in [0.4, 0.5) is 11.4 Å². The number of nitrogens with two attached hydrogens (primary N) is 1. The van der Waals surface area contributed by atoms with Crippen LogP contribution in [0.3, 0.4) is 0 Å². The Morgan fingerprint density at radius 2 is 1.90 bits per heavy atom. The number of rotatable bonds is 5. The molecule has 0 bridgehead atoms. The predicted molar refractivity (Wildman–Crippen MR) is 85.7 cm³/mol. The molecule has 21 heavy (non-hydrogen) atoms. The van der Waals surface area contributed by atoms with Gasteiger partial charge in [0.05, 0.1) is 6.61 Å². The van der Waals surface area contributed by atoms with E-state index in [9.17, 15) is 4.79 Å². The Kier molecular flexibility index (Phi) is 5.12. The number of carbonyl (C=O) groups is 1. The number of amides is 1. The molecule has 0 aromatic heterocycles. The molecule has 0 aliphatic carbocycles. The highest BCUT2D eigenvalue weighted by atomic mass is 16.5. The summed E-state index contributed by atoms with van der Waals surface area (Å²) < 4.78 is 5.11. The van der Waals surface area contributed by atoms with Crippen LogP contribution in [0.15, 0.2) is 54.6 Å². The Hall–Kier alpha value is -2.59.